The van der Waals surface area contributed by atoms with Crippen molar-refractivity contribution in [1.82, 2.24) is 14.9 Å². The fourth-order valence-electron chi connectivity index (χ4n) is 4.93. The molecule has 5 nitrogen and oxygen atoms in total. The number of amides is 2. The third-order valence-corrected chi connectivity index (χ3v) is 6.46. The Labute approximate surface area is 179 Å². The second kappa shape index (κ2) is 6.77. The lowest BCUT2D eigenvalue weighted by Gasteiger charge is -2.36. The Bertz CT molecular complexity index is 1440. The van der Waals surface area contributed by atoms with E-state index in [1.54, 1.807) is 4.90 Å². The third-order valence-electron chi connectivity index (χ3n) is 6.46. The molecule has 0 fully saturated rings. The minimum Gasteiger partial charge on any atom is -0.361 e. The molecular formula is C26H22N4O. The maximum atomic E-state index is 12.3. The Morgan fingerprint density at radius 3 is 2.65 bits per heavy atom. The summed E-state index contributed by atoms with van der Waals surface area (Å²) in [6.45, 7) is 0.604. The molecule has 1 aliphatic rings. The molecule has 152 valence electrons. The van der Waals surface area contributed by atoms with Gasteiger partial charge < -0.3 is 20.6 Å². The topological polar surface area (TPSA) is 77.9 Å². The Kier molecular flexibility index (Phi) is 3.90. The molecule has 1 aliphatic heterocycles. The van der Waals surface area contributed by atoms with Gasteiger partial charge in [-0.15, -0.1) is 0 Å². The van der Waals surface area contributed by atoms with Crippen molar-refractivity contribution in [3.63, 3.8) is 0 Å². The summed E-state index contributed by atoms with van der Waals surface area (Å²) in [5.74, 6) is 0. The van der Waals surface area contributed by atoms with Gasteiger partial charge in [0, 0.05) is 40.9 Å². The first-order chi connectivity index (χ1) is 15.2. The predicted octanol–water partition coefficient (Wildman–Crippen LogP) is 5.34. The van der Waals surface area contributed by atoms with Crippen molar-refractivity contribution in [2.45, 2.75) is 12.5 Å². The number of fused-ring (bicyclic) bond motifs is 3. The largest absolute Gasteiger partial charge is 0.361 e. The van der Waals surface area contributed by atoms with Crippen molar-refractivity contribution in [2.24, 2.45) is 5.73 Å². The zero-order chi connectivity index (χ0) is 20.9. The van der Waals surface area contributed by atoms with Crippen molar-refractivity contribution in [1.29, 1.82) is 0 Å². The number of aromatic amines is 2. The van der Waals surface area contributed by atoms with Gasteiger partial charge in [-0.2, -0.15) is 0 Å². The average Bonchev–Trinajstić information content (AvgIpc) is 3.44. The Morgan fingerprint density at radius 1 is 0.903 bits per heavy atom. The summed E-state index contributed by atoms with van der Waals surface area (Å²) in [6, 6.07) is 22.8. The molecule has 3 heterocycles. The Balaban J connectivity index is 1.48. The quantitative estimate of drug-likeness (QED) is 0.363. The molecule has 3 aromatic carbocycles. The van der Waals surface area contributed by atoms with Gasteiger partial charge in [0.25, 0.3) is 0 Å². The standard InChI is InChI=1S/C26H22N4O/c27-26(31)30-12-10-18-13-16(17-6-8-23-19(14-17)9-11-28-23)5-7-20(18)25(30)22-15-29-24-4-2-1-3-21(22)24/h1-9,11,13-15,25,28-29H,10,12H2,(H2,27,31). The van der Waals surface area contributed by atoms with Crippen LogP contribution in [0.4, 0.5) is 4.79 Å². The number of nitrogens with one attached hydrogen (secondary N) is 2. The molecule has 1 unspecified atom stereocenters. The van der Waals surface area contributed by atoms with Gasteiger partial charge in [0.05, 0.1) is 6.04 Å². The monoisotopic (exact) mass is 406 g/mol. The highest BCUT2D eigenvalue weighted by molar-refractivity contribution is 5.87. The highest BCUT2D eigenvalue weighted by Gasteiger charge is 2.32. The summed E-state index contributed by atoms with van der Waals surface area (Å²) in [7, 11) is 0. The number of H-pyrrole nitrogens is 2. The van der Waals surface area contributed by atoms with Crippen molar-refractivity contribution >= 4 is 27.8 Å². The van der Waals surface area contributed by atoms with E-state index in [4.69, 9.17) is 5.73 Å². The van der Waals surface area contributed by atoms with E-state index >= 15 is 0 Å². The fourth-order valence-corrected chi connectivity index (χ4v) is 4.93. The number of aromatic nitrogens is 2. The minimum absolute atomic E-state index is 0.196. The molecule has 0 radical (unpaired) electrons. The van der Waals surface area contributed by atoms with Crippen LogP contribution in [-0.2, 0) is 6.42 Å². The molecule has 0 aliphatic carbocycles. The minimum atomic E-state index is -0.386. The molecule has 2 aromatic heterocycles. The highest BCUT2D eigenvalue weighted by Crippen LogP contribution is 2.39. The number of hydrogen-bond donors (Lipinski definition) is 3. The number of benzene rings is 3. The lowest BCUT2D eigenvalue weighted by atomic mass is 9.86. The number of nitrogens with zero attached hydrogens (tertiary/aromatic N) is 1. The molecule has 5 aromatic rings. The first-order valence-corrected chi connectivity index (χ1v) is 10.5. The van der Waals surface area contributed by atoms with Gasteiger partial charge in [-0.05, 0) is 58.3 Å². The number of carbonyl (C=O) groups excluding carboxylic acids is 1. The molecule has 6 rings (SSSR count). The number of hydrogen-bond acceptors (Lipinski definition) is 1. The van der Waals surface area contributed by atoms with Crippen LogP contribution in [-0.4, -0.2) is 27.4 Å². The van der Waals surface area contributed by atoms with Crippen molar-refractivity contribution in [3.8, 4) is 11.1 Å². The Morgan fingerprint density at radius 2 is 1.74 bits per heavy atom. The van der Waals surface area contributed by atoms with Crippen LogP contribution in [0, 0.1) is 0 Å². The molecule has 31 heavy (non-hydrogen) atoms. The first kappa shape index (κ1) is 17.8. The van der Waals surface area contributed by atoms with Gasteiger partial charge in [-0.1, -0.05) is 42.5 Å². The number of nitrogens with two attached hydrogens (primary N) is 1. The van der Waals surface area contributed by atoms with E-state index in [9.17, 15) is 4.79 Å². The third kappa shape index (κ3) is 2.81. The predicted molar refractivity (Wildman–Crippen MR) is 124 cm³/mol. The van der Waals surface area contributed by atoms with Gasteiger partial charge >= 0.3 is 6.03 Å². The summed E-state index contributed by atoms with van der Waals surface area (Å²) in [5, 5.41) is 2.32. The first-order valence-electron chi connectivity index (χ1n) is 10.5. The van der Waals surface area contributed by atoms with Gasteiger partial charge in [0.1, 0.15) is 0 Å². The lowest BCUT2D eigenvalue weighted by molar-refractivity contribution is 0.190. The molecule has 4 N–H and O–H groups in total. The maximum absolute atomic E-state index is 12.3. The normalized spacial score (nSPS) is 16.0. The van der Waals surface area contributed by atoms with Crippen molar-refractivity contribution < 1.29 is 4.79 Å². The van der Waals surface area contributed by atoms with Crippen molar-refractivity contribution in [3.05, 3.63) is 95.8 Å². The summed E-state index contributed by atoms with van der Waals surface area (Å²) >= 11 is 0. The van der Waals surface area contributed by atoms with Crippen LogP contribution >= 0.6 is 0 Å². The Hall–Kier alpha value is -3.99. The van der Waals surface area contributed by atoms with Gasteiger partial charge in [-0.25, -0.2) is 4.79 Å². The summed E-state index contributed by atoms with van der Waals surface area (Å²) < 4.78 is 0. The molecule has 0 bridgehead atoms. The maximum Gasteiger partial charge on any atom is 0.315 e. The lowest BCUT2D eigenvalue weighted by Crippen LogP contribution is -2.43. The number of primary amides is 1. The smallest absolute Gasteiger partial charge is 0.315 e. The number of para-hydroxylation sites is 1. The SMILES string of the molecule is NC(=O)N1CCc2cc(-c3ccc4[nH]ccc4c3)ccc2C1c1c[nH]c2ccccc12. The molecule has 0 spiro atoms. The number of urea groups is 1. The zero-order valence-corrected chi connectivity index (χ0v) is 16.9. The molecule has 1 atom stereocenters. The van der Waals surface area contributed by atoms with Crippen LogP contribution in [0.5, 0.6) is 0 Å². The van der Waals surface area contributed by atoms with E-state index in [-0.39, 0.29) is 12.1 Å². The van der Waals surface area contributed by atoms with E-state index in [1.807, 2.05) is 24.5 Å². The summed E-state index contributed by atoms with van der Waals surface area (Å²) in [4.78, 5) is 20.7. The fraction of sp³-hybridized carbons (Fsp3) is 0.115. The summed E-state index contributed by atoms with van der Waals surface area (Å²) in [6.07, 6.45) is 4.76. The van der Waals surface area contributed by atoms with E-state index < -0.39 is 0 Å². The highest BCUT2D eigenvalue weighted by atomic mass is 16.2. The van der Waals surface area contributed by atoms with Gasteiger partial charge in [-0.3, -0.25) is 0 Å². The number of rotatable bonds is 2. The molecule has 0 saturated carbocycles. The van der Waals surface area contributed by atoms with Crippen LogP contribution in [0.15, 0.2) is 79.1 Å². The average molecular weight is 406 g/mol. The second-order valence-electron chi connectivity index (χ2n) is 8.17. The van der Waals surface area contributed by atoms with Crippen molar-refractivity contribution in [2.75, 3.05) is 6.54 Å². The van der Waals surface area contributed by atoms with Gasteiger partial charge in [0.15, 0.2) is 0 Å². The van der Waals surface area contributed by atoms with E-state index in [0.717, 1.165) is 34.0 Å². The van der Waals surface area contributed by atoms with Gasteiger partial charge in [0.2, 0.25) is 0 Å². The van der Waals surface area contributed by atoms with E-state index in [0.29, 0.717) is 6.54 Å². The second-order valence-corrected chi connectivity index (χ2v) is 8.17. The van der Waals surface area contributed by atoms with Crippen LogP contribution in [0.2, 0.25) is 0 Å². The zero-order valence-electron chi connectivity index (χ0n) is 16.9. The van der Waals surface area contributed by atoms with E-state index in [1.165, 1.54) is 22.1 Å². The molecule has 2 amide bonds. The summed E-state index contributed by atoms with van der Waals surface area (Å²) in [5.41, 5.74) is 13.9. The van der Waals surface area contributed by atoms with Crippen LogP contribution in [0.1, 0.15) is 22.7 Å². The van der Waals surface area contributed by atoms with Crippen LogP contribution in [0.25, 0.3) is 32.9 Å². The number of carbonyl (C=O) groups is 1. The molecule has 0 saturated heterocycles. The molecule has 5 heteroatoms. The van der Waals surface area contributed by atoms with Crippen LogP contribution in [0.3, 0.4) is 0 Å². The van der Waals surface area contributed by atoms with E-state index in [2.05, 4.69) is 64.6 Å². The van der Waals surface area contributed by atoms with Crippen LogP contribution < -0.4 is 5.73 Å². The molecular weight excluding hydrogens is 384 g/mol.